The molecule has 2 nitrogen and oxygen atoms in total. The average molecular weight is 214 g/mol. The van der Waals surface area contributed by atoms with Crippen molar-refractivity contribution in [3.63, 3.8) is 0 Å². The molecule has 1 rings (SSSR count). The van der Waals surface area contributed by atoms with Crippen molar-refractivity contribution in [1.82, 2.24) is 0 Å². The van der Waals surface area contributed by atoms with Crippen molar-refractivity contribution in [3.05, 3.63) is 34.9 Å². The predicted molar refractivity (Wildman–Crippen MR) is 59.5 cm³/mol. The summed E-state index contributed by atoms with van der Waals surface area (Å²) in [6.07, 6.45) is 0.803. The number of halogens is 1. The normalized spacial score (nSPS) is 12.8. The van der Waals surface area contributed by atoms with Crippen molar-refractivity contribution in [2.45, 2.75) is 19.4 Å². The Hall–Kier alpha value is -0.570. The molecule has 78 valence electrons. The molecule has 0 aliphatic heterocycles. The van der Waals surface area contributed by atoms with Gasteiger partial charge in [0, 0.05) is 24.3 Å². The molecular weight excluding hydrogens is 198 g/mol. The molecule has 0 bridgehead atoms. The molecule has 0 aliphatic carbocycles. The maximum atomic E-state index is 6.01. The van der Waals surface area contributed by atoms with Crippen LogP contribution in [0.1, 0.15) is 24.9 Å². The Bertz CT molecular complexity index is 278. The highest BCUT2D eigenvalue weighted by atomic mass is 35.5. The van der Waals surface area contributed by atoms with Crippen LogP contribution in [-0.4, -0.2) is 13.2 Å². The second kappa shape index (κ2) is 6.02. The number of rotatable bonds is 5. The molecule has 1 aromatic rings. The van der Waals surface area contributed by atoms with E-state index in [1.807, 2.05) is 31.2 Å². The minimum absolute atomic E-state index is 0.0322. The largest absolute Gasteiger partial charge is 0.382 e. The number of nitrogens with two attached hydrogens (primary N) is 1. The first-order valence-corrected chi connectivity index (χ1v) is 5.21. The number of ether oxygens (including phenoxy) is 1. The van der Waals surface area contributed by atoms with Gasteiger partial charge in [-0.3, -0.25) is 0 Å². The molecule has 0 saturated heterocycles. The Morgan fingerprint density at radius 1 is 1.43 bits per heavy atom. The summed E-state index contributed by atoms with van der Waals surface area (Å²) < 4.78 is 5.24. The molecule has 0 amide bonds. The number of hydrogen-bond donors (Lipinski definition) is 1. The lowest BCUT2D eigenvalue weighted by atomic mass is 10.1. The number of hydrogen-bond acceptors (Lipinski definition) is 2. The maximum absolute atomic E-state index is 6.01. The highest BCUT2D eigenvalue weighted by molar-refractivity contribution is 6.31. The van der Waals surface area contributed by atoms with E-state index in [0.29, 0.717) is 6.61 Å². The highest BCUT2D eigenvalue weighted by Gasteiger charge is 2.08. The molecular formula is C11H16ClNO. The Kier molecular flexibility index (Phi) is 4.94. The maximum Gasteiger partial charge on any atom is 0.0483 e. The first-order chi connectivity index (χ1) is 6.75. The molecule has 0 aliphatic rings. The minimum Gasteiger partial charge on any atom is -0.382 e. The lowest BCUT2D eigenvalue weighted by Gasteiger charge is -2.13. The molecule has 0 radical (unpaired) electrons. The molecule has 1 atom stereocenters. The zero-order valence-electron chi connectivity index (χ0n) is 8.37. The first kappa shape index (κ1) is 11.5. The van der Waals surface area contributed by atoms with Crippen LogP contribution in [0, 0.1) is 0 Å². The van der Waals surface area contributed by atoms with Gasteiger partial charge in [0.2, 0.25) is 0 Å². The summed E-state index contributed by atoms with van der Waals surface area (Å²) in [6.45, 7) is 3.39. The van der Waals surface area contributed by atoms with Crippen LogP contribution in [0.4, 0.5) is 0 Å². The van der Waals surface area contributed by atoms with Crippen molar-refractivity contribution >= 4 is 11.6 Å². The topological polar surface area (TPSA) is 35.2 Å². The highest BCUT2D eigenvalue weighted by Crippen LogP contribution is 2.22. The van der Waals surface area contributed by atoms with Gasteiger partial charge in [-0.15, -0.1) is 0 Å². The van der Waals surface area contributed by atoms with E-state index in [-0.39, 0.29) is 6.04 Å². The average Bonchev–Trinajstić information content (AvgIpc) is 2.18. The molecule has 2 N–H and O–H groups in total. The summed E-state index contributed by atoms with van der Waals surface area (Å²) in [5, 5.41) is 0.733. The first-order valence-electron chi connectivity index (χ1n) is 4.83. The van der Waals surface area contributed by atoms with Crippen LogP contribution >= 0.6 is 11.6 Å². The molecule has 3 heteroatoms. The van der Waals surface area contributed by atoms with Gasteiger partial charge < -0.3 is 10.5 Å². The van der Waals surface area contributed by atoms with Crippen LogP contribution in [0.5, 0.6) is 0 Å². The monoisotopic (exact) mass is 213 g/mol. The van der Waals surface area contributed by atoms with Gasteiger partial charge >= 0.3 is 0 Å². The van der Waals surface area contributed by atoms with Crippen molar-refractivity contribution in [2.24, 2.45) is 5.73 Å². The van der Waals surface area contributed by atoms with Crippen molar-refractivity contribution < 1.29 is 4.74 Å². The van der Waals surface area contributed by atoms with E-state index in [0.717, 1.165) is 23.6 Å². The summed E-state index contributed by atoms with van der Waals surface area (Å²) in [6, 6.07) is 7.63. The molecule has 1 aromatic carbocycles. The Morgan fingerprint density at radius 2 is 2.14 bits per heavy atom. The van der Waals surface area contributed by atoms with E-state index >= 15 is 0 Å². The van der Waals surface area contributed by atoms with E-state index in [4.69, 9.17) is 22.1 Å². The van der Waals surface area contributed by atoms with Gasteiger partial charge in [0.1, 0.15) is 0 Å². The molecule has 0 saturated carbocycles. The summed E-state index contributed by atoms with van der Waals surface area (Å²) in [5.74, 6) is 0. The van der Waals surface area contributed by atoms with Crippen molar-refractivity contribution in [1.29, 1.82) is 0 Å². The van der Waals surface area contributed by atoms with Crippen molar-refractivity contribution in [2.75, 3.05) is 13.2 Å². The zero-order valence-corrected chi connectivity index (χ0v) is 9.13. The fraction of sp³-hybridized carbons (Fsp3) is 0.455. The summed E-state index contributed by atoms with van der Waals surface area (Å²) in [5.41, 5.74) is 6.97. The van der Waals surface area contributed by atoms with Gasteiger partial charge in [-0.2, -0.15) is 0 Å². The van der Waals surface area contributed by atoms with Gasteiger partial charge in [0.05, 0.1) is 0 Å². The fourth-order valence-corrected chi connectivity index (χ4v) is 1.56. The summed E-state index contributed by atoms with van der Waals surface area (Å²) in [4.78, 5) is 0. The molecule has 0 heterocycles. The van der Waals surface area contributed by atoms with E-state index in [9.17, 15) is 0 Å². The second-order valence-corrected chi connectivity index (χ2v) is 3.52. The van der Waals surface area contributed by atoms with Gasteiger partial charge in [-0.1, -0.05) is 29.8 Å². The molecule has 1 unspecified atom stereocenters. The zero-order chi connectivity index (χ0) is 10.4. The van der Waals surface area contributed by atoms with Crippen LogP contribution in [0.25, 0.3) is 0 Å². The number of benzene rings is 1. The predicted octanol–water partition coefficient (Wildman–Crippen LogP) is 2.77. The van der Waals surface area contributed by atoms with Gasteiger partial charge in [-0.05, 0) is 25.0 Å². The quantitative estimate of drug-likeness (QED) is 0.764. The third-order valence-electron chi connectivity index (χ3n) is 2.08. The van der Waals surface area contributed by atoms with Gasteiger partial charge in [0.25, 0.3) is 0 Å². The molecule has 0 aromatic heterocycles. The van der Waals surface area contributed by atoms with Gasteiger partial charge in [-0.25, -0.2) is 0 Å². The van der Waals surface area contributed by atoms with Crippen LogP contribution in [-0.2, 0) is 4.74 Å². The Morgan fingerprint density at radius 3 is 2.79 bits per heavy atom. The Balaban J connectivity index is 2.51. The third-order valence-corrected chi connectivity index (χ3v) is 2.43. The van der Waals surface area contributed by atoms with Crippen LogP contribution in [0.3, 0.4) is 0 Å². The Labute approximate surface area is 90.0 Å². The third kappa shape index (κ3) is 3.29. The SMILES string of the molecule is CCOCCC(N)c1ccccc1Cl. The summed E-state index contributed by atoms with van der Waals surface area (Å²) >= 11 is 6.01. The second-order valence-electron chi connectivity index (χ2n) is 3.11. The fourth-order valence-electron chi connectivity index (χ4n) is 1.29. The smallest absolute Gasteiger partial charge is 0.0483 e. The van der Waals surface area contributed by atoms with Crippen LogP contribution in [0.15, 0.2) is 24.3 Å². The molecule has 14 heavy (non-hydrogen) atoms. The van der Waals surface area contributed by atoms with E-state index < -0.39 is 0 Å². The minimum atomic E-state index is -0.0322. The van der Waals surface area contributed by atoms with Gasteiger partial charge in [0.15, 0.2) is 0 Å². The van der Waals surface area contributed by atoms with E-state index in [1.165, 1.54) is 0 Å². The van der Waals surface area contributed by atoms with E-state index in [2.05, 4.69) is 0 Å². The lowest BCUT2D eigenvalue weighted by Crippen LogP contribution is -2.13. The van der Waals surface area contributed by atoms with Crippen molar-refractivity contribution in [3.8, 4) is 0 Å². The van der Waals surface area contributed by atoms with Crippen LogP contribution in [0.2, 0.25) is 5.02 Å². The standard InChI is InChI=1S/C11H16ClNO/c1-2-14-8-7-11(13)9-5-3-4-6-10(9)12/h3-6,11H,2,7-8,13H2,1H3. The molecule has 0 fully saturated rings. The summed E-state index contributed by atoms with van der Waals surface area (Å²) in [7, 11) is 0. The van der Waals surface area contributed by atoms with E-state index in [1.54, 1.807) is 0 Å². The van der Waals surface area contributed by atoms with Crippen LogP contribution < -0.4 is 5.73 Å². The lowest BCUT2D eigenvalue weighted by molar-refractivity contribution is 0.140. The molecule has 0 spiro atoms.